The Bertz CT molecular complexity index is 691. The van der Waals surface area contributed by atoms with Gasteiger partial charge >= 0.3 is 0 Å². The minimum atomic E-state index is 0.466. The van der Waals surface area contributed by atoms with E-state index in [9.17, 15) is 0 Å². The Morgan fingerprint density at radius 3 is 1.68 bits per heavy atom. The standard InChI is InChI=1S/C21H30N6S/c1-4-10-16(11-5-1)22-19-24-20(23-17-12-6-2-7-13-17)26-21(25-19)27-28-18-14-8-3-9-15-18/h3,8-9,14-17H,1-2,4-7,10-13H2,(H3,22,23,24,25,26,27). The maximum atomic E-state index is 4.68. The average molecular weight is 399 g/mol. The van der Waals surface area contributed by atoms with E-state index in [-0.39, 0.29) is 0 Å². The lowest BCUT2D eigenvalue weighted by Crippen LogP contribution is -2.26. The zero-order valence-corrected chi connectivity index (χ0v) is 17.2. The number of nitrogens with zero attached hydrogens (tertiary/aromatic N) is 3. The fourth-order valence-electron chi connectivity index (χ4n) is 4.00. The number of aromatic nitrogens is 3. The van der Waals surface area contributed by atoms with E-state index in [1.807, 2.05) is 18.2 Å². The van der Waals surface area contributed by atoms with Crippen molar-refractivity contribution >= 4 is 29.8 Å². The van der Waals surface area contributed by atoms with Gasteiger partial charge in [0.2, 0.25) is 17.8 Å². The van der Waals surface area contributed by atoms with Crippen molar-refractivity contribution in [2.24, 2.45) is 0 Å². The van der Waals surface area contributed by atoms with Gasteiger partial charge < -0.3 is 10.6 Å². The maximum Gasteiger partial charge on any atom is 0.239 e. The Morgan fingerprint density at radius 2 is 1.14 bits per heavy atom. The van der Waals surface area contributed by atoms with Crippen molar-refractivity contribution < 1.29 is 0 Å². The highest BCUT2D eigenvalue weighted by Crippen LogP contribution is 2.25. The van der Waals surface area contributed by atoms with Gasteiger partial charge in [0.05, 0.1) is 0 Å². The molecule has 0 radical (unpaired) electrons. The summed E-state index contributed by atoms with van der Waals surface area (Å²) in [5.41, 5.74) is 0. The summed E-state index contributed by atoms with van der Waals surface area (Å²) in [5.74, 6) is 1.95. The zero-order chi connectivity index (χ0) is 19.0. The summed E-state index contributed by atoms with van der Waals surface area (Å²) in [7, 11) is 0. The number of anilines is 3. The molecule has 2 fully saturated rings. The van der Waals surface area contributed by atoms with Crippen molar-refractivity contribution in [3.63, 3.8) is 0 Å². The van der Waals surface area contributed by atoms with Gasteiger partial charge in [-0.2, -0.15) is 15.0 Å². The molecule has 0 unspecified atom stereocenters. The second-order valence-corrected chi connectivity index (χ2v) is 8.66. The first-order valence-corrected chi connectivity index (χ1v) is 11.4. The number of hydrogen-bond donors (Lipinski definition) is 3. The molecule has 2 saturated carbocycles. The first kappa shape index (κ1) is 19.3. The lowest BCUT2D eigenvalue weighted by atomic mass is 9.96. The van der Waals surface area contributed by atoms with Gasteiger partial charge in [0.25, 0.3) is 0 Å². The summed E-state index contributed by atoms with van der Waals surface area (Å²) in [6.45, 7) is 0. The number of nitrogens with one attached hydrogen (secondary N) is 3. The van der Waals surface area contributed by atoms with Crippen LogP contribution in [0.1, 0.15) is 64.2 Å². The zero-order valence-electron chi connectivity index (χ0n) is 16.4. The largest absolute Gasteiger partial charge is 0.351 e. The first-order valence-electron chi connectivity index (χ1n) is 10.6. The molecule has 0 spiro atoms. The summed E-state index contributed by atoms with van der Waals surface area (Å²) in [5, 5.41) is 7.09. The van der Waals surface area contributed by atoms with E-state index >= 15 is 0 Å². The van der Waals surface area contributed by atoms with Crippen molar-refractivity contribution in [2.45, 2.75) is 81.2 Å². The second-order valence-electron chi connectivity index (χ2n) is 7.78. The second kappa shape index (κ2) is 9.96. The molecule has 1 heterocycles. The minimum absolute atomic E-state index is 0.466. The van der Waals surface area contributed by atoms with Crippen LogP contribution in [0.15, 0.2) is 35.2 Å². The van der Waals surface area contributed by atoms with Crippen molar-refractivity contribution in [3.05, 3.63) is 30.3 Å². The third-order valence-electron chi connectivity index (χ3n) is 5.52. The van der Waals surface area contributed by atoms with Crippen LogP contribution in [0.5, 0.6) is 0 Å². The van der Waals surface area contributed by atoms with Crippen LogP contribution < -0.4 is 15.4 Å². The SMILES string of the molecule is c1ccc(SNc2nc(NC3CCCCC3)nc(NC3CCCCC3)n2)cc1. The monoisotopic (exact) mass is 398 g/mol. The number of rotatable bonds is 7. The lowest BCUT2D eigenvalue weighted by molar-refractivity contribution is 0.458. The van der Waals surface area contributed by atoms with Crippen LogP contribution in [-0.2, 0) is 0 Å². The molecule has 4 rings (SSSR count). The molecule has 0 aliphatic heterocycles. The van der Waals surface area contributed by atoms with Gasteiger partial charge in [0, 0.05) is 17.0 Å². The van der Waals surface area contributed by atoms with E-state index < -0.39 is 0 Å². The van der Waals surface area contributed by atoms with Gasteiger partial charge in [0.15, 0.2) is 0 Å². The van der Waals surface area contributed by atoms with Crippen LogP contribution in [0.25, 0.3) is 0 Å². The van der Waals surface area contributed by atoms with Crippen molar-refractivity contribution in [1.82, 2.24) is 15.0 Å². The summed E-state index contributed by atoms with van der Waals surface area (Å²) >= 11 is 1.52. The Hall–Kier alpha value is -2.02. The fraction of sp³-hybridized carbons (Fsp3) is 0.571. The molecule has 150 valence electrons. The molecular weight excluding hydrogens is 368 g/mol. The summed E-state index contributed by atoms with van der Waals surface area (Å²) in [4.78, 5) is 15.1. The lowest BCUT2D eigenvalue weighted by Gasteiger charge is -2.24. The van der Waals surface area contributed by atoms with Crippen LogP contribution in [-0.4, -0.2) is 27.0 Å². The fourth-order valence-corrected chi connectivity index (χ4v) is 4.60. The predicted octanol–water partition coefficient (Wildman–Crippen LogP) is 5.48. The van der Waals surface area contributed by atoms with E-state index in [4.69, 9.17) is 0 Å². The van der Waals surface area contributed by atoms with Crippen molar-refractivity contribution in [3.8, 4) is 0 Å². The summed E-state index contributed by atoms with van der Waals surface area (Å²) < 4.78 is 3.29. The molecule has 0 saturated heterocycles. The van der Waals surface area contributed by atoms with Crippen molar-refractivity contribution in [1.29, 1.82) is 0 Å². The van der Waals surface area contributed by atoms with Gasteiger partial charge in [-0.05, 0) is 49.8 Å². The molecular formula is C21H30N6S. The predicted molar refractivity (Wildman–Crippen MR) is 117 cm³/mol. The first-order chi connectivity index (χ1) is 13.8. The Kier molecular flexibility index (Phi) is 6.87. The van der Waals surface area contributed by atoms with Gasteiger partial charge in [0.1, 0.15) is 0 Å². The van der Waals surface area contributed by atoms with Crippen LogP contribution in [0.2, 0.25) is 0 Å². The highest BCUT2D eigenvalue weighted by Gasteiger charge is 2.18. The van der Waals surface area contributed by atoms with Crippen LogP contribution in [0.4, 0.5) is 17.8 Å². The molecule has 2 aromatic rings. The summed E-state index contributed by atoms with van der Waals surface area (Å²) in [6.07, 6.45) is 12.6. The molecule has 1 aromatic carbocycles. The molecule has 6 nitrogen and oxygen atoms in total. The van der Waals surface area contributed by atoms with Gasteiger partial charge in [-0.25, -0.2) is 0 Å². The third kappa shape index (κ3) is 5.74. The molecule has 1 aromatic heterocycles. The molecule has 28 heavy (non-hydrogen) atoms. The van der Waals surface area contributed by atoms with E-state index in [2.05, 4.69) is 42.4 Å². The average Bonchev–Trinajstić information content (AvgIpc) is 2.74. The molecule has 2 aliphatic carbocycles. The smallest absolute Gasteiger partial charge is 0.239 e. The third-order valence-corrected chi connectivity index (χ3v) is 6.31. The van der Waals surface area contributed by atoms with E-state index in [1.165, 1.54) is 76.2 Å². The number of hydrogen-bond acceptors (Lipinski definition) is 7. The van der Waals surface area contributed by atoms with E-state index in [0.29, 0.717) is 29.9 Å². The molecule has 0 bridgehead atoms. The minimum Gasteiger partial charge on any atom is -0.351 e. The summed E-state index contributed by atoms with van der Waals surface area (Å²) in [6, 6.07) is 11.2. The molecule has 2 aliphatic rings. The van der Waals surface area contributed by atoms with Crippen molar-refractivity contribution in [2.75, 3.05) is 15.4 Å². The van der Waals surface area contributed by atoms with Gasteiger partial charge in [-0.1, -0.05) is 56.7 Å². The Balaban J connectivity index is 1.47. The van der Waals surface area contributed by atoms with Gasteiger partial charge in [-0.15, -0.1) is 0 Å². The van der Waals surface area contributed by atoms with Crippen LogP contribution in [0.3, 0.4) is 0 Å². The van der Waals surface area contributed by atoms with E-state index in [0.717, 1.165) is 4.90 Å². The molecule has 7 heteroatoms. The normalized spacial score (nSPS) is 18.6. The Morgan fingerprint density at radius 1 is 0.643 bits per heavy atom. The van der Waals surface area contributed by atoms with Crippen LogP contribution >= 0.6 is 11.9 Å². The highest BCUT2D eigenvalue weighted by atomic mass is 32.2. The van der Waals surface area contributed by atoms with Crippen LogP contribution in [0, 0.1) is 0 Å². The van der Waals surface area contributed by atoms with E-state index in [1.54, 1.807) is 0 Å². The Labute approximate surface area is 171 Å². The van der Waals surface area contributed by atoms with Gasteiger partial charge in [-0.3, -0.25) is 4.72 Å². The molecule has 0 atom stereocenters. The number of benzene rings is 1. The topological polar surface area (TPSA) is 74.8 Å². The highest BCUT2D eigenvalue weighted by molar-refractivity contribution is 8.00. The molecule has 0 amide bonds. The quantitative estimate of drug-likeness (QED) is 0.533. The maximum absolute atomic E-state index is 4.68. The molecule has 3 N–H and O–H groups in total.